The second-order valence-electron chi connectivity index (χ2n) is 5.66. The van der Waals surface area contributed by atoms with Crippen LogP contribution in [0, 0.1) is 9.52 Å². The average Bonchev–Trinajstić information content (AvgIpc) is 2.60. The largest absolute Gasteiger partial charge is 0.361 e. The summed E-state index contributed by atoms with van der Waals surface area (Å²) in [7, 11) is -1.08. The Balaban J connectivity index is 2.07. The molecule has 0 saturated carbocycles. The Morgan fingerprint density at radius 3 is 2.84 bits per heavy atom. The first-order valence-corrected chi connectivity index (χ1v) is 10.9. The molecule has 0 fully saturated rings. The van der Waals surface area contributed by atoms with Gasteiger partial charge in [-0.3, -0.25) is 0 Å². The first-order chi connectivity index (χ1) is 8.87. The van der Waals surface area contributed by atoms with Crippen molar-refractivity contribution in [2.24, 2.45) is 0 Å². The summed E-state index contributed by atoms with van der Waals surface area (Å²) >= 11 is 2.17. The molecule has 2 heterocycles. The predicted octanol–water partition coefficient (Wildman–Crippen LogP) is 3.49. The van der Waals surface area contributed by atoms with Crippen LogP contribution in [0.15, 0.2) is 12.4 Å². The molecule has 0 unspecified atom stereocenters. The highest BCUT2D eigenvalue weighted by Gasteiger charge is 2.13. The van der Waals surface area contributed by atoms with Gasteiger partial charge in [-0.2, -0.15) is 9.37 Å². The fourth-order valence-corrected chi connectivity index (χ4v) is 3.10. The van der Waals surface area contributed by atoms with Gasteiger partial charge in [0.1, 0.15) is 12.2 Å². The van der Waals surface area contributed by atoms with E-state index in [4.69, 9.17) is 4.74 Å². The van der Waals surface area contributed by atoms with E-state index in [2.05, 4.69) is 52.2 Å². The third-order valence-corrected chi connectivity index (χ3v) is 5.21. The summed E-state index contributed by atoms with van der Waals surface area (Å²) in [6, 6.07) is 1.11. The minimum absolute atomic E-state index is 0.391. The Labute approximate surface area is 126 Å². The van der Waals surface area contributed by atoms with Crippen molar-refractivity contribution in [1.29, 1.82) is 0 Å². The smallest absolute Gasteiger partial charge is 0.233 e. The van der Waals surface area contributed by atoms with Gasteiger partial charge in [0.15, 0.2) is 5.65 Å². The van der Waals surface area contributed by atoms with E-state index in [-0.39, 0.29) is 0 Å². The lowest BCUT2D eigenvalue weighted by atomic mass is 10.5. The van der Waals surface area contributed by atoms with Crippen LogP contribution in [-0.4, -0.2) is 29.2 Å². The summed E-state index contributed by atoms with van der Waals surface area (Å²) in [5, 5.41) is 0. The van der Waals surface area contributed by atoms with Crippen LogP contribution in [0.1, 0.15) is 0 Å². The Morgan fingerprint density at radius 1 is 1.42 bits per heavy atom. The minimum Gasteiger partial charge on any atom is -0.361 e. The number of aromatic nitrogens is 3. The Bertz CT molecular complexity index is 582. The molecule has 0 aromatic carbocycles. The third kappa shape index (κ3) is 3.96. The number of rotatable bonds is 5. The first-order valence-electron chi connectivity index (χ1n) is 6.11. The average molecular weight is 393 g/mol. The molecule has 0 aliphatic rings. The van der Waals surface area contributed by atoms with Crippen LogP contribution in [-0.2, 0) is 11.5 Å². The Morgan fingerprint density at radius 2 is 2.16 bits per heavy atom. The van der Waals surface area contributed by atoms with Crippen molar-refractivity contribution in [1.82, 2.24) is 14.5 Å². The second kappa shape index (κ2) is 5.84. The minimum atomic E-state index is -1.08. The standard InChI is InChI=1S/C12H17FIN3OSi/c1-19(2,3)5-4-18-8-17-7-9(14)11-12(17)16-10(13)6-15-11/h6-7H,4-5,8H2,1-3H3. The van der Waals surface area contributed by atoms with Gasteiger partial charge in [0.05, 0.1) is 9.77 Å². The summed E-state index contributed by atoms with van der Waals surface area (Å²) in [6.45, 7) is 8.05. The van der Waals surface area contributed by atoms with Crippen molar-refractivity contribution >= 4 is 41.8 Å². The van der Waals surface area contributed by atoms with Crippen molar-refractivity contribution < 1.29 is 9.13 Å². The van der Waals surface area contributed by atoms with E-state index in [1.807, 2.05) is 6.20 Å². The maximum atomic E-state index is 13.1. The zero-order chi connectivity index (χ0) is 14.0. The third-order valence-electron chi connectivity index (χ3n) is 2.72. The van der Waals surface area contributed by atoms with E-state index in [9.17, 15) is 4.39 Å². The molecular weight excluding hydrogens is 376 g/mol. The van der Waals surface area contributed by atoms with Gasteiger partial charge in [-0.1, -0.05) is 19.6 Å². The van der Waals surface area contributed by atoms with E-state index in [1.54, 1.807) is 4.57 Å². The highest BCUT2D eigenvalue weighted by molar-refractivity contribution is 14.1. The van der Waals surface area contributed by atoms with Gasteiger partial charge < -0.3 is 9.30 Å². The molecule has 0 spiro atoms. The SMILES string of the molecule is C[Si](C)(C)CCOCn1cc(I)c2ncc(F)nc21. The molecule has 0 aliphatic heterocycles. The van der Waals surface area contributed by atoms with Crippen molar-refractivity contribution in [3.05, 3.63) is 21.9 Å². The molecular formula is C12H17FIN3OSi. The lowest BCUT2D eigenvalue weighted by Crippen LogP contribution is -2.22. The van der Waals surface area contributed by atoms with Gasteiger partial charge in [0.2, 0.25) is 5.95 Å². The van der Waals surface area contributed by atoms with Gasteiger partial charge >= 0.3 is 0 Å². The van der Waals surface area contributed by atoms with Crippen LogP contribution < -0.4 is 0 Å². The number of ether oxygens (including phenoxy) is 1. The number of nitrogens with zero attached hydrogens (tertiary/aromatic N) is 3. The summed E-state index contributed by atoms with van der Waals surface area (Å²) < 4.78 is 21.6. The quantitative estimate of drug-likeness (QED) is 0.444. The molecule has 0 bridgehead atoms. The zero-order valence-corrected chi connectivity index (χ0v) is 14.4. The lowest BCUT2D eigenvalue weighted by Gasteiger charge is -2.15. The van der Waals surface area contributed by atoms with E-state index < -0.39 is 14.0 Å². The molecule has 2 aromatic rings. The fourth-order valence-electron chi connectivity index (χ4n) is 1.63. The van der Waals surface area contributed by atoms with E-state index in [0.29, 0.717) is 12.4 Å². The highest BCUT2D eigenvalue weighted by Crippen LogP contribution is 2.19. The van der Waals surface area contributed by atoms with Gasteiger partial charge in [0.25, 0.3) is 0 Å². The molecule has 4 nitrogen and oxygen atoms in total. The number of hydrogen-bond acceptors (Lipinski definition) is 3. The summed E-state index contributed by atoms with van der Waals surface area (Å²) in [6.07, 6.45) is 3.03. The zero-order valence-electron chi connectivity index (χ0n) is 11.3. The van der Waals surface area contributed by atoms with Crippen LogP contribution in [0.3, 0.4) is 0 Å². The van der Waals surface area contributed by atoms with Crippen LogP contribution in [0.2, 0.25) is 25.7 Å². The van der Waals surface area contributed by atoms with Crippen molar-refractivity contribution in [3.63, 3.8) is 0 Å². The maximum absolute atomic E-state index is 13.1. The van der Waals surface area contributed by atoms with Crippen LogP contribution in [0.25, 0.3) is 11.2 Å². The van der Waals surface area contributed by atoms with Gasteiger partial charge in [0, 0.05) is 20.9 Å². The van der Waals surface area contributed by atoms with Crippen LogP contribution >= 0.6 is 22.6 Å². The number of fused-ring (bicyclic) bond motifs is 1. The molecule has 0 aliphatic carbocycles. The monoisotopic (exact) mass is 393 g/mol. The Hall–Kier alpha value is -0.543. The predicted molar refractivity (Wildman–Crippen MR) is 84.3 cm³/mol. The van der Waals surface area contributed by atoms with E-state index in [0.717, 1.165) is 27.9 Å². The topological polar surface area (TPSA) is 39.9 Å². The van der Waals surface area contributed by atoms with Crippen LogP contribution in [0.5, 0.6) is 0 Å². The molecule has 0 radical (unpaired) electrons. The second-order valence-corrected chi connectivity index (χ2v) is 12.4. The van der Waals surface area contributed by atoms with E-state index >= 15 is 0 Å². The summed E-state index contributed by atoms with van der Waals surface area (Å²) in [5.41, 5.74) is 1.26. The Kier molecular flexibility index (Phi) is 4.57. The van der Waals surface area contributed by atoms with Crippen molar-refractivity contribution in [3.8, 4) is 0 Å². The van der Waals surface area contributed by atoms with E-state index in [1.165, 1.54) is 0 Å². The van der Waals surface area contributed by atoms with Gasteiger partial charge in [-0.05, 0) is 28.6 Å². The number of hydrogen-bond donors (Lipinski definition) is 0. The first kappa shape index (κ1) is 14.9. The molecule has 2 rings (SSSR count). The summed E-state index contributed by atoms with van der Waals surface area (Å²) in [5.74, 6) is -0.564. The van der Waals surface area contributed by atoms with Crippen molar-refractivity contribution in [2.75, 3.05) is 6.61 Å². The molecule has 0 N–H and O–H groups in total. The molecule has 7 heteroatoms. The normalized spacial score (nSPS) is 12.3. The van der Waals surface area contributed by atoms with Gasteiger partial charge in [-0.15, -0.1) is 0 Å². The fraction of sp³-hybridized carbons (Fsp3) is 0.500. The molecule has 0 amide bonds. The molecule has 19 heavy (non-hydrogen) atoms. The molecule has 2 aromatic heterocycles. The highest BCUT2D eigenvalue weighted by atomic mass is 127. The molecule has 0 saturated heterocycles. The summed E-state index contributed by atoms with van der Waals surface area (Å²) in [4.78, 5) is 7.94. The molecule has 0 atom stereocenters. The van der Waals surface area contributed by atoms with Gasteiger partial charge in [-0.25, -0.2) is 4.98 Å². The molecule has 104 valence electrons. The van der Waals surface area contributed by atoms with Crippen LogP contribution in [0.4, 0.5) is 4.39 Å². The number of halogens is 2. The van der Waals surface area contributed by atoms with Crippen molar-refractivity contribution in [2.45, 2.75) is 32.4 Å². The lowest BCUT2D eigenvalue weighted by molar-refractivity contribution is 0.0897. The maximum Gasteiger partial charge on any atom is 0.233 e.